The van der Waals surface area contributed by atoms with E-state index in [-0.39, 0.29) is 5.91 Å². The van der Waals surface area contributed by atoms with Gasteiger partial charge in [0.2, 0.25) is 5.91 Å². The number of carbonyl (C=O) groups excluding carboxylic acids is 1. The molecule has 118 valence electrons. The van der Waals surface area contributed by atoms with Crippen LogP contribution in [0, 0.1) is 13.8 Å². The molecule has 0 fully saturated rings. The van der Waals surface area contributed by atoms with E-state index < -0.39 is 0 Å². The van der Waals surface area contributed by atoms with Crippen LogP contribution in [0.2, 0.25) is 0 Å². The van der Waals surface area contributed by atoms with Gasteiger partial charge >= 0.3 is 0 Å². The molecule has 1 amide bonds. The van der Waals surface area contributed by atoms with Crippen molar-refractivity contribution >= 4 is 35.1 Å². The van der Waals surface area contributed by atoms with Gasteiger partial charge in [-0.05, 0) is 38.0 Å². The largest absolute Gasteiger partial charge is 0.337 e. The minimum atomic E-state index is -0.0198. The van der Waals surface area contributed by atoms with Crippen LogP contribution >= 0.6 is 23.5 Å². The van der Waals surface area contributed by atoms with Gasteiger partial charge in [-0.25, -0.2) is 4.98 Å². The third kappa shape index (κ3) is 5.10. The fraction of sp³-hybridized carbons (Fsp3) is 0.375. The standard InChI is InChI=1S/C16H21N3OS2/c1-11-4-6-13(7-5-11)18-15(20)10-22-16-17-12(2)14(19-16)8-9-21-3/h4-7H,8-10H2,1-3H3,(H,17,19)(H,18,20). The molecule has 0 aliphatic carbocycles. The highest BCUT2D eigenvalue weighted by atomic mass is 32.2. The molecule has 0 radical (unpaired) electrons. The van der Waals surface area contributed by atoms with E-state index in [1.165, 1.54) is 17.3 Å². The molecule has 2 N–H and O–H groups in total. The van der Waals surface area contributed by atoms with Crippen LogP contribution in [0.4, 0.5) is 5.69 Å². The molecule has 0 aliphatic heterocycles. The number of rotatable bonds is 7. The summed E-state index contributed by atoms with van der Waals surface area (Å²) < 4.78 is 0. The molecule has 0 aliphatic rings. The van der Waals surface area contributed by atoms with Gasteiger partial charge in [0.15, 0.2) is 5.16 Å². The Kier molecular flexibility index (Phi) is 6.39. The minimum absolute atomic E-state index is 0.0198. The first-order chi connectivity index (χ1) is 10.6. The molecule has 0 saturated carbocycles. The zero-order valence-electron chi connectivity index (χ0n) is 13.1. The number of benzene rings is 1. The summed E-state index contributed by atoms with van der Waals surface area (Å²) in [4.78, 5) is 19.8. The van der Waals surface area contributed by atoms with Gasteiger partial charge in [0.25, 0.3) is 0 Å². The van der Waals surface area contributed by atoms with E-state index in [1.807, 2.05) is 49.9 Å². The molecule has 0 bridgehead atoms. The van der Waals surface area contributed by atoms with E-state index in [9.17, 15) is 4.79 Å². The Morgan fingerprint density at radius 1 is 1.27 bits per heavy atom. The van der Waals surface area contributed by atoms with Gasteiger partial charge in [-0.1, -0.05) is 29.5 Å². The molecule has 0 unspecified atom stereocenters. The quantitative estimate of drug-likeness (QED) is 0.758. The lowest BCUT2D eigenvalue weighted by atomic mass is 10.2. The van der Waals surface area contributed by atoms with Crippen molar-refractivity contribution in [2.75, 3.05) is 23.1 Å². The number of carbonyl (C=O) groups is 1. The van der Waals surface area contributed by atoms with E-state index in [0.29, 0.717) is 5.75 Å². The fourth-order valence-corrected chi connectivity index (χ4v) is 3.08. The van der Waals surface area contributed by atoms with Crippen molar-refractivity contribution in [2.45, 2.75) is 25.4 Å². The number of aromatic amines is 1. The summed E-state index contributed by atoms with van der Waals surface area (Å²) in [6, 6.07) is 7.79. The Labute approximate surface area is 139 Å². The Bertz CT molecular complexity index is 623. The highest BCUT2D eigenvalue weighted by Gasteiger charge is 2.09. The van der Waals surface area contributed by atoms with E-state index in [0.717, 1.165) is 34.4 Å². The van der Waals surface area contributed by atoms with Crippen LogP contribution in [-0.4, -0.2) is 33.6 Å². The highest BCUT2D eigenvalue weighted by Crippen LogP contribution is 2.18. The number of aryl methyl sites for hydroxylation is 3. The van der Waals surface area contributed by atoms with Crippen molar-refractivity contribution in [3.8, 4) is 0 Å². The second kappa shape index (κ2) is 8.29. The second-order valence-corrected chi connectivity index (χ2v) is 7.01. The van der Waals surface area contributed by atoms with Crippen LogP contribution in [0.25, 0.3) is 0 Å². The summed E-state index contributed by atoms with van der Waals surface area (Å²) in [6.45, 7) is 4.05. The van der Waals surface area contributed by atoms with E-state index in [1.54, 1.807) is 0 Å². The molecule has 0 saturated heterocycles. The molecule has 2 rings (SSSR count). The molecule has 1 aromatic carbocycles. The van der Waals surface area contributed by atoms with Crippen LogP contribution < -0.4 is 5.32 Å². The van der Waals surface area contributed by atoms with E-state index in [4.69, 9.17) is 0 Å². The zero-order chi connectivity index (χ0) is 15.9. The summed E-state index contributed by atoms with van der Waals surface area (Å²) in [6.07, 6.45) is 3.05. The molecule has 6 heteroatoms. The number of hydrogen-bond donors (Lipinski definition) is 2. The van der Waals surface area contributed by atoms with E-state index in [2.05, 4.69) is 21.5 Å². The molecular formula is C16H21N3OS2. The Morgan fingerprint density at radius 2 is 2.00 bits per heavy atom. The lowest BCUT2D eigenvalue weighted by Crippen LogP contribution is -2.14. The van der Waals surface area contributed by atoms with Gasteiger partial charge in [-0.3, -0.25) is 4.79 Å². The maximum atomic E-state index is 12.0. The molecule has 4 nitrogen and oxygen atoms in total. The third-order valence-electron chi connectivity index (χ3n) is 3.18. The maximum Gasteiger partial charge on any atom is 0.234 e. The van der Waals surface area contributed by atoms with Gasteiger partial charge < -0.3 is 10.3 Å². The van der Waals surface area contributed by atoms with Crippen molar-refractivity contribution < 1.29 is 4.79 Å². The smallest absolute Gasteiger partial charge is 0.234 e. The van der Waals surface area contributed by atoms with Gasteiger partial charge in [0.1, 0.15) is 0 Å². The number of aromatic nitrogens is 2. The third-order valence-corrected chi connectivity index (χ3v) is 4.67. The summed E-state index contributed by atoms with van der Waals surface area (Å²) >= 11 is 3.24. The predicted molar refractivity (Wildman–Crippen MR) is 95.9 cm³/mol. The summed E-state index contributed by atoms with van der Waals surface area (Å²) in [5, 5.41) is 3.70. The average molecular weight is 335 g/mol. The van der Waals surface area contributed by atoms with Crippen molar-refractivity contribution in [1.29, 1.82) is 0 Å². The van der Waals surface area contributed by atoms with Crippen LogP contribution in [0.5, 0.6) is 0 Å². The molecular weight excluding hydrogens is 314 g/mol. The summed E-state index contributed by atoms with van der Waals surface area (Å²) in [7, 11) is 0. The van der Waals surface area contributed by atoms with Crippen molar-refractivity contribution in [3.05, 3.63) is 41.2 Å². The average Bonchev–Trinajstić information content (AvgIpc) is 2.86. The van der Waals surface area contributed by atoms with Gasteiger partial charge in [-0.15, -0.1) is 0 Å². The number of nitrogens with zero attached hydrogens (tertiary/aromatic N) is 1. The van der Waals surface area contributed by atoms with Crippen LogP contribution in [0.15, 0.2) is 29.4 Å². The Morgan fingerprint density at radius 3 is 2.68 bits per heavy atom. The lowest BCUT2D eigenvalue weighted by molar-refractivity contribution is -0.113. The number of H-pyrrole nitrogens is 1. The number of imidazole rings is 1. The lowest BCUT2D eigenvalue weighted by Gasteiger charge is -2.04. The molecule has 22 heavy (non-hydrogen) atoms. The van der Waals surface area contributed by atoms with Crippen LogP contribution in [-0.2, 0) is 11.2 Å². The van der Waals surface area contributed by atoms with Gasteiger partial charge in [0, 0.05) is 17.8 Å². The number of nitrogens with one attached hydrogen (secondary N) is 2. The SMILES string of the molecule is CSCCc1nc(SCC(=O)Nc2ccc(C)cc2)[nH]c1C. The number of thioether (sulfide) groups is 2. The number of anilines is 1. The molecule has 1 aromatic heterocycles. The van der Waals surface area contributed by atoms with Gasteiger partial charge in [0.05, 0.1) is 11.4 Å². The highest BCUT2D eigenvalue weighted by molar-refractivity contribution is 7.99. The molecule has 0 spiro atoms. The normalized spacial score (nSPS) is 10.7. The van der Waals surface area contributed by atoms with Crippen LogP contribution in [0.3, 0.4) is 0 Å². The first-order valence-corrected chi connectivity index (χ1v) is 9.50. The first-order valence-electron chi connectivity index (χ1n) is 7.12. The van der Waals surface area contributed by atoms with Crippen molar-refractivity contribution in [1.82, 2.24) is 9.97 Å². The summed E-state index contributed by atoms with van der Waals surface area (Å²) in [5.41, 5.74) is 4.19. The van der Waals surface area contributed by atoms with Crippen LogP contribution in [0.1, 0.15) is 17.0 Å². The second-order valence-electron chi connectivity index (χ2n) is 5.06. The first kappa shape index (κ1) is 17.0. The number of amides is 1. The zero-order valence-corrected chi connectivity index (χ0v) is 14.7. The summed E-state index contributed by atoms with van der Waals surface area (Å²) in [5.74, 6) is 1.39. The maximum absolute atomic E-state index is 12.0. The van der Waals surface area contributed by atoms with Crippen molar-refractivity contribution in [2.24, 2.45) is 0 Å². The Hall–Kier alpha value is -1.40. The molecule has 1 heterocycles. The monoisotopic (exact) mass is 335 g/mol. The molecule has 2 aromatic rings. The number of hydrogen-bond acceptors (Lipinski definition) is 4. The van der Waals surface area contributed by atoms with E-state index >= 15 is 0 Å². The topological polar surface area (TPSA) is 57.8 Å². The molecule has 0 atom stereocenters. The predicted octanol–water partition coefficient (Wildman–Crippen LogP) is 3.66. The Balaban J connectivity index is 1.84. The fourth-order valence-electron chi connectivity index (χ4n) is 1.95. The van der Waals surface area contributed by atoms with Crippen molar-refractivity contribution in [3.63, 3.8) is 0 Å². The van der Waals surface area contributed by atoms with Gasteiger partial charge in [-0.2, -0.15) is 11.8 Å². The minimum Gasteiger partial charge on any atom is -0.337 e.